The van der Waals surface area contributed by atoms with E-state index in [1.54, 1.807) is 6.92 Å². The largest absolute Gasteiger partial charge is 0.433 e. The Hall–Kier alpha value is 1.41. The van der Waals surface area contributed by atoms with E-state index in [2.05, 4.69) is 45.6 Å². The van der Waals surface area contributed by atoms with Crippen LogP contribution in [0.2, 0.25) is 0 Å². The van der Waals surface area contributed by atoms with Crippen LogP contribution < -0.4 is 0 Å². The summed E-state index contributed by atoms with van der Waals surface area (Å²) in [7, 11) is 0. The first kappa shape index (κ1) is 16.8. The van der Waals surface area contributed by atoms with Gasteiger partial charge in [-0.3, -0.25) is 0 Å². The van der Waals surface area contributed by atoms with Gasteiger partial charge in [0.05, 0.1) is 0 Å². The maximum Gasteiger partial charge on any atom is 0 e. The first-order valence-corrected chi connectivity index (χ1v) is 3.22. The van der Waals surface area contributed by atoms with Gasteiger partial charge >= 0.3 is 0 Å². The van der Waals surface area contributed by atoms with Crippen molar-refractivity contribution in [3.05, 3.63) is 5.92 Å². The fraction of sp³-hybridized carbons (Fsp3) is 0.667. The molecule has 3 heteroatoms. The molecule has 0 fully saturated rings. The third kappa shape index (κ3) is 259. The van der Waals surface area contributed by atoms with E-state index in [0.717, 1.165) is 0 Å². The van der Waals surface area contributed by atoms with Gasteiger partial charge in [-0.15, -0.1) is 0 Å². The molecule has 0 unspecified atom stereocenters. The minimum Gasteiger partial charge on any atom is -0.433 e. The summed E-state index contributed by atoms with van der Waals surface area (Å²) in [6, 6.07) is 0. The fourth-order valence-corrected chi connectivity index (χ4v) is 0. The van der Waals surface area contributed by atoms with Crippen LogP contribution in [0.15, 0.2) is 0 Å². The molecule has 53 valence electrons. The molecule has 0 bridgehead atoms. The molecule has 0 rings (SSSR count). The topological polar surface area (TPSA) is 0 Å². The van der Waals surface area contributed by atoms with Crippen LogP contribution in [0, 0.1) is 5.92 Å². The van der Waals surface area contributed by atoms with E-state index in [1.807, 2.05) is 0 Å². The molecule has 0 spiro atoms. The summed E-state index contributed by atoms with van der Waals surface area (Å²) in [5, 5.41) is 0. The van der Waals surface area contributed by atoms with Crippen LogP contribution in [0.4, 0.5) is 0 Å². The van der Waals surface area contributed by atoms with Crippen molar-refractivity contribution in [1.82, 2.24) is 0 Å². The summed E-state index contributed by atoms with van der Waals surface area (Å²) in [5.41, 5.74) is 0. The standard InChI is InChI=1S/C4H9.C2H4S2.Y/c1-4(2)3;1-2(3)4;/h1-3H3;1H3,(H,3,4);/q-1;;/p-1. The SMILES string of the molecule is CC(=S)[S-].C[C-](C)C.[Y]. The Morgan fingerprint density at radius 3 is 1.33 bits per heavy atom. The molecule has 0 atom stereocenters. The molecule has 0 aromatic rings. The van der Waals surface area contributed by atoms with Crippen LogP contribution in [0.5, 0.6) is 0 Å². The summed E-state index contributed by atoms with van der Waals surface area (Å²) >= 11 is 8.70. The third-order valence-electron chi connectivity index (χ3n) is 0. The van der Waals surface area contributed by atoms with E-state index < -0.39 is 0 Å². The molecule has 0 aromatic carbocycles. The van der Waals surface area contributed by atoms with E-state index in [9.17, 15) is 0 Å². The van der Waals surface area contributed by atoms with Gasteiger partial charge in [0.2, 0.25) is 0 Å². The van der Waals surface area contributed by atoms with E-state index >= 15 is 0 Å². The van der Waals surface area contributed by atoms with Crippen LogP contribution in [-0.4, -0.2) is 4.20 Å². The predicted octanol–water partition coefficient (Wildman–Crippen LogP) is 2.50. The second-order valence-electron chi connectivity index (χ2n) is 1.99. The molecule has 0 N–H and O–H groups in total. The zero-order valence-electron chi connectivity index (χ0n) is 6.39. The molecule has 0 saturated carbocycles. The van der Waals surface area contributed by atoms with Crippen molar-refractivity contribution in [1.29, 1.82) is 0 Å². The predicted molar refractivity (Wildman–Crippen MR) is 45.9 cm³/mol. The van der Waals surface area contributed by atoms with Crippen molar-refractivity contribution in [2.45, 2.75) is 27.7 Å². The Morgan fingerprint density at radius 1 is 1.33 bits per heavy atom. The van der Waals surface area contributed by atoms with Gasteiger partial charge < -0.3 is 30.8 Å². The Morgan fingerprint density at radius 2 is 1.33 bits per heavy atom. The second kappa shape index (κ2) is 12.1. The van der Waals surface area contributed by atoms with Crippen molar-refractivity contribution in [3.8, 4) is 0 Å². The van der Waals surface area contributed by atoms with Crippen LogP contribution >= 0.6 is 12.2 Å². The molecule has 0 saturated heterocycles. The van der Waals surface area contributed by atoms with Gasteiger partial charge in [0.15, 0.2) is 0 Å². The molecule has 0 amide bonds. The van der Waals surface area contributed by atoms with Crippen LogP contribution in [0.25, 0.3) is 0 Å². The first-order valence-electron chi connectivity index (χ1n) is 2.41. The minimum atomic E-state index is 0. The van der Waals surface area contributed by atoms with Gasteiger partial charge in [0.1, 0.15) is 0 Å². The maximum atomic E-state index is 4.35. The molecule has 0 aliphatic rings. The Kier molecular flexibility index (Phi) is 22.6. The monoisotopic (exact) mass is 237 g/mol. The third-order valence-corrected chi connectivity index (χ3v) is 0. The van der Waals surface area contributed by atoms with E-state index in [-0.39, 0.29) is 32.7 Å². The first-order chi connectivity index (χ1) is 3.46. The molecule has 0 heterocycles. The molecule has 0 aliphatic carbocycles. The van der Waals surface area contributed by atoms with Crippen molar-refractivity contribution in [3.63, 3.8) is 0 Å². The van der Waals surface area contributed by atoms with Gasteiger partial charge in [-0.25, -0.2) is 0 Å². The number of hydrogen-bond donors (Lipinski definition) is 0. The summed E-state index contributed by atoms with van der Waals surface area (Å²) in [6.45, 7) is 7.96. The summed E-state index contributed by atoms with van der Waals surface area (Å²) < 4.78 is 0.583. The van der Waals surface area contributed by atoms with Crippen LogP contribution in [-0.2, 0) is 45.3 Å². The smallest absolute Gasteiger partial charge is 0 e. The van der Waals surface area contributed by atoms with Crippen molar-refractivity contribution in [2.24, 2.45) is 0 Å². The zero-order chi connectivity index (χ0) is 7.15. The van der Waals surface area contributed by atoms with Gasteiger partial charge in [-0.05, 0) is 0 Å². The average molecular weight is 237 g/mol. The number of thiocarbonyl (C=S) groups is 1. The number of hydrogen-bond acceptors (Lipinski definition) is 2. The Bertz CT molecular complexity index is 55.3. The van der Waals surface area contributed by atoms with Gasteiger partial charge in [-0.2, -0.15) is 25.0 Å². The maximum absolute atomic E-state index is 4.35. The molecule has 0 aliphatic heterocycles. The molecule has 1 radical (unpaired) electrons. The molecule has 0 nitrogen and oxygen atoms in total. The fourth-order valence-electron chi connectivity index (χ4n) is 0. The molecule has 9 heavy (non-hydrogen) atoms. The summed E-state index contributed by atoms with van der Waals surface area (Å²) in [5.74, 6) is 1.42. The number of rotatable bonds is 0. The average Bonchev–Trinajstić information content (AvgIpc) is 1.25. The van der Waals surface area contributed by atoms with Gasteiger partial charge in [0.25, 0.3) is 0 Å². The zero-order valence-corrected chi connectivity index (χ0v) is 10.9. The Labute approximate surface area is 94.5 Å². The minimum absolute atomic E-state index is 0. The van der Waals surface area contributed by atoms with Crippen molar-refractivity contribution >= 4 is 29.0 Å². The van der Waals surface area contributed by atoms with E-state index in [0.29, 0.717) is 4.20 Å². The van der Waals surface area contributed by atoms with Crippen LogP contribution in [0.3, 0.4) is 0 Å². The van der Waals surface area contributed by atoms with Crippen molar-refractivity contribution < 1.29 is 32.7 Å². The normalized spacial score (nSPS) is 6.78. The van der Waals surface area contributed by atoms with Gasteiger partial charge in [-0.1, -0.05) is 6.92 Å². The van der Waals surface area contributed by atoms with E-state index in [4.69, 9.17) is 0 Å². The second-order valence-corrected chi connectivity index (χ2v) is 3.47. The van der Waals surface area contributed by atoms with Crippen molar-refractivity contribution in [2.75, 3.05) is 0 Å². The van der Waals surface area contributed by atoms with Crippen LogP contribution in [0.1, 0.15) is 27.7 Å². The quantitative estimate of drug-likeness (QED) is 0.360. The summed E-state index contributed by atoms with van der Waals surface area (Å²) in [6.07, 6.45) is 0. The summed E-state index contributed by atoms with van der Waals surface area (Å²) in [4.78, 5) is 0. The molecule has 0 aromatic heterocycles. The molecular weight excluding hydrogens is 225 g/mol. The molecular formula is C6H12S2Y-2. The van der Waals surface area contributed by atoms with E-state index in [1.165, 1.54) is 5.92 Å². The van der Waals surface area contributed by atoms with Gasteiger partial charge in [0, 0.05) is 32.7 Å². The Balaban J connectivity index is -0.0000000720.